The lowest BCUT2D eigenvalue weighted by molar-refractivity contribution is 0.134. The zero-order valence-electron chi connectivity index (χ0n) is 15.6. The van der Waals surface area contributed by atoms with Crippen LogP contribution in [0.5, 0.6) is 0 Å². The smallest absolute Gasteiger partial charge is 0.319 e. The van der Waals surface area contributed by atoms with Gasteiger partial charge in [-0.3, -0.25) is 0 Å². The molecule has 0 bridgehead atoms. The number of piperidine rings is 1. The number of sulfonamides is 1. The number of urea groups is 1. The fourth-order valence-corrected chi connectivity index (χ4v) is 5.79. The van der Waals surface area contributed by atoms with Crippen LogP contribution in [0.3, 0.4) is 0 Å². The SMILES string of the molecule is CN(C)C(=O)N(CCN1CCCCC1)C1CCN(S(=O)(=O)C2CC2)C1. The number of carbonyl (C=O) groups excluding carboxylic acids is 1. The number of likely N-dealkylation sites (tertiary alicyclic amines) is 1. The van der Waals surface area contributed by atoms with Crippen LogP contribution in [0, 0.1) is 0 Å². The number of amides is 2. The van der Waals surface area contributed by atoms with Crippen molar-refractivity contribution in [1.29, 1.82) is 0 Å². The fourth-order valence-electron chi connectivity index (χ4n) is 3.90. The van der Waals surface area contributed by atoms with Crippen molar-refractivity contribution in [2.24, 2.45) is 0 Å². The average Bonchev–Trinajstić information content (AvgIpc) is 3.35. The highest BCUT2D eigenvalue weighted by Gasteiger charge is 2.44. The summed E-state index contributed by atoms with van der Waals surface area (Å²) in [6.07, 6.45) is 6.09. The zero-order chi connectivity index (χ0) is 18.0. The van der Waals surface area contributed by atoms with Gasteiger partial charge in [0.15, 0.2) is 0 Å². The molecule has 144 valence electrons. The molecule has 2 saturated heterocycles. The molecule has 0 aromatic carbocycles. The van der Waals surface area contributed by atoms with Crippen molar-refractivity contribution < 1.29 is 13.2 Å². The van der Waals surface area contributed by atoms with E-state index in [0.29, 0.717) is 19.6 Å². The largest absolute Gasteiger partial charge is 0.331 e. The van der Waals surface area contributed by atoms with Gasteiger partial charge in [0.1, 0.15) is 0 Å². The predicted molar refractivity (Wildman–Crippen MR) is 98.0 cm³/mol. The summed E-state index contributed by atoms with van der Waals surface area (Å²) >= 11 is 0. The lowest BCUT2D eigenvalue weighted by Gasteiger charge is -2.34. The van der Waals surface area contributed by atoms with E-state index >= 15 is 0 Å². The van der Waals surface area contributed by atoms with Crippen LogP contribution in [0.4, 0.5) is 4.79 Å². The van der Waals surface area contributed by atoms with Crippen molar-refractivity contribution in [2.45, 2.75) is 49.8 Å². The molecular formula is C17H32N4O3S. The van der Waals surface area contributed by atoms with E-state index in [-0.39, 0.29) is 17.3 Å². The molecule has 1 atom stereocenters. The molecule has 3 rings (SSSR count). The van der Waals surface area contributed by atoms with Crippen LogP contribution in [-0.2, 0) is 10.0 Å². The Morgan fingerprint density at radius 3 is 2.32 bits per heavy atom. The van der Waals surface area contributed by atoms with E-state index < -0.39 is 10.0 Å². The lowest BCUT2D eigenvalue weighted by Crippen LogP contribution is -2.50. The Labute approximate surface area is 152 Å². The second-order valence-electron chi connectivity index (χ2n) is 7.82. The van der Waals surface area contributed by atoms with Gasteiger partial charge in [0.25, 0.3) is 0 Å². The average molecular weight is 373 g/mol. The first-order valence-corrected chi connectivity index (χ1v) is 11.1. The molecule has 1 unspecified atom stereocenters. The van der Waals surface area contributed by atoms with Crippen molar-refractivity contribution in [3.8, 4) is 0 Å². The van der Waals surface area contributed by atoms with E-state index in [1.165, 1.54) is 19.3 Å². The van der Waals surface area contributed by atoms with Gasteiger partial charge in [0.2, 0.25) is 10.0 Å². The Morgan fingerprint density at radius 2 is 1.72 bits per heavy atom. The molecule has 3 fully saturated rings. The molecule has 0 N–H and O–H groups in total. The molecule has 2 amide bonds. The number of hydrogen-bond acceptors (Lipinski definition) is 4. The van der Waals surface area contributed by atoms with E-state index in [1.807, 2.05) is 4.90 Å². The highest BCUT2D eigenvalue weighted by atomic mass is 32.2. The van der Waals surface area contributed by atoms with Crippen LogP contribution in [-0.4, -0.2) is 98.1 Å². The summed E-state index contributed by atoms with van der Waals surface area (Å²) in [5.74, 6) is 0. The predicted octanol–water partition coefficient (Wildman–Crippen LogP) is 1.02. The standard InChI is InChI=1S/C17H32N4O3S/c1-18(2)17(22)21(13-12-19-9-4-3-5-10-19)15-8-11-20(14-15)25(23,24)16-6-7-16/h15-16H,3-14H2,1-2H3. The van der Waals surface area contributed by atoms with Gasteiger partial charge in [0, 0.05) is 46.3 Å². The number of carbonyl (C=O) groups is 1. The van der Waals surface area contributed by atoms with Gasteiger partial charge in [-0.15, -0.1) is 0 Å². The second-order valence-corrected chi connectivity index (χ2v) is 10.0. The van der Waals surface area contributed by atoms with E-state index in [2.05, 4.69) is 4.90 Å². The van der Waals surface area contributed by atoms with Gasteiger partial charge in [-0.25, -0.2) is 13.2 Å². The van der Waals surface area contributed by atoms with Crippen molar-refractivity contribution >= 4 is 16.1 Å². The molecule has 1 aliphatic carbocycles. The Bertz CT molecular complexity index is 570. The summed E-state index contributed by atoms with van der Waals surface area (Å²) in [6.45, 7) is 4.78. The van der Waals surface area contributed by atoms with Crippen LogP contribution < -0.4 is 0 Å². The molecule has 1 saturated carbocycles. The minimum Gasteiger partial charge on any atom is -0.331 e. The summed E-state index contributed by atoms with van der Waals surface area (Å²) in [6, 6.07) is -0.0131. The maximum absolute atomic E-state index is 12.7. The third-order valence-corrected chi connectivity index (χ3v) is 7.97. The number of rotatable bonds is 6. The summed E-state index contributed by atoms with van der Waals surface area (Å²) in [5.41, 5.74) is 0. The van der Waals surface area contributed by atoms with Gasteiger partial charge in [-0.2, -0.15) is 4.31 Å². The third kappa shape index (κ3) is 4.46. The molecule has 0 spiro atoms. The van der Waals surface area contributed by atoms with Crippen molar-refractivity contribution in [2.75, 3.05) is 53.4 Å². The van der Waals surface area contributed by atoms with Crippen LogP contribution in [0.25, 0.3) is 0 Å². The van der Waals surface area contributed by atoms with Gasteiger partial charge >= 0.3 is 6.03 Å². The molecule has 0 aromatic rings. The minimum absolute atomic E-state index is 0.00628. The van der Waals surface area contributed by atoms with E-state index in [9.17, 15) is 13.2 Å². The summed E-state index contributed by atoms with van der Waals surface area (Å²) in [5, 5.41) is -0.169. The molecule has 0 radical (unpaired) electrons. The molecule has 7 nitrogen and oxygen atoms in total. The monoisotopic (exact) mass is 372 g/mol. The summed E-state index contributed by atoms with van der Waals surface area (Å²) in [4.78, 5) is 18.6. The number of hydrogen-bond donors (Lipinski definition) is 0. The number of nitrogens with zero attached hydrogens (tertiary/aromatic N) is 4. The van der Waals surface area contributed by atoms with Gasteiger partial charge in [0.05, 0.1) is 5.25 Å². The molecule has 0 aromatic heterocycles. The zero-order valence-corrected chi connectivity index (χ0v) is 16.4. The minimum atomic E-state index is -3.14. The molecule has 2 aliphatic heterocycles. The van der Waals surface area contributed by atoms with Crippen LogP contribution in [0.15, 0.2) is 0 Å². The summed E-state index contributed by atoms with van der Waals surface area (Å²) < 4.78 is 26.6. The highest BCUT2D eigenvalue weighted by molar-refractivity contribution is 7.90. The molecule has 3 aliphatic rings. The Balaban J connectivity index is 1.61. The fraction of sp³-hybridized carbons (Fsp3) is 0.941. The van der Waals surface area contributed by atoms with E-state index in [4.69, 9.17) is 0 Å². The second kappa shape index (κ2) is 7.80. The normalized spacial score (nSPS) is 25.9. The van der Waals surface area contributed by atoms with E-state index in [1.54, 1.807) is 23.3 Å². The first-order chi connectivity index (χ1) is 11.9. The topological polar surface area (TPSA) is 64.2 Å². The maximum Gasteiger partial charge on any atom is 0.319 e. The third-order valence-electron chi connectivity index (χ3n) is 5.61. The van der Waals surface area contributed by atoms with Crippen molar-refractivity contribution in [3.05, 3.63) is 0 Å². The Kier molecular flexibility index (Phi) is 5.90. The first-order valence-electron chi connectivity index (χ1n) is 9.59. The van der Waals surface area contributed by atoms with E-state index in [0.717, 1.165) is 38.9 Å². The van der Waals surface area contributed by atoms with Gasteiger partial charge in [-0.05, 0) is 45.2 Å². The molecule has 2 heterocycles. The van der Waals surface area contributed by atoms with Crippen LogP contribution in [0.1, 0.15) is 38.5 Å². The quantitative estimate of drug-likeness (QED) is 0.698. The molecular weight excluding hydrogens is 340 g/mol. The van der Waals surface area contributed by atoms with Gasteiger partial charge in [-0.1, -0.05) is 6.42 Å². The first kappa shape index (κ1) is 18.9. The van der Waals surface area contributed by atoms with Crippen molar-refractivity contribution in [3.63, 3.8) is 0 Å². The Hall–Kier alpha value is -0.860. The summed E-state index contributed by atoms with van der Waals surface area (Å²) in [7, 11) is 0.394. The maximum atomic E-state index is 12.7. The van der Waals surface area contributed by atoms with Crippen LogP contribution in [0.2, 0.25) is 0 Å². The Morgan fingerprint density at radius 1 is 1.04 bits per heavy atom. The molecule has 25 heavy (non-hydrogen) atoms. The van der Waals surface area contributed by atoms with Gasteiger partial charge < -0.3 is 14.7 Å². The van der Waals surface area contributed by atoms with Crippen LogP contribution >= 0.6 is 0 Å². The molecule has 8 heteroatoms. The highest BCUT2D eigenvalue weighted by Crippen LogP contribution is 2.33. The lowest BCUT2D eigenvalue weighted by atomic mass is 10.1. The van der Waals surface area contributed by atoms with Crippen molar-refractivity contribution in [1.82, 2.24) is 19.0 Å².